The van der Waals surface area contributed by atoms with Crippen LogP contribution in [0, 0.1) is 6.92 Å². The van der Waals surface area contributed by atoms with E-state index in [1.807, 2.05) is 26.1 Å². The largest absolute Gasteiger partial charge is 0.346 e. The van der Waals surface area contributed by atoms with Crippen LogP contribution in [0.15, 0.2) is 18.5 Å². The van der Waals surface area contributed by atoms with Gasteiger partial charge >= 0.3 is 0 Å². The number of aryl methyl sites for hydroxylation is 1. The summed E-state index contributed by atoms with van der Waals surface area (Å²) >= 11 is 0. The lowest BCUT2D eigenvalue weighted by molar-refractivity contribution is 0.555. The predicted octanol–water partition coefficient (Wildman–Crippen LogP) is 2.04. The van der Waals surface area contributed by atoms with E-state index < -0.39 is 15.2 Å². The van der Waals surface area contributed by atoms with E-state index in [9.17, 15) is 8.42 Å². The fourth-order valence-corrected chi connectivity index (χ4v) is 5.75. The smallest absolute Gasteiger partial charge is 0.166 e. The van der Waals surface area contributed by atoms with Crippen LogP contribution in [0.2, 0.25) is 0 Å². The molecule has 0 spiro atoms. The highest BCUT2D eigenvalue weighted by Crippen LogP contribution is 2.36. The van der Waals surface area contributed by atoms with E-state index >= 15 is 0 Å². The first kappa shape index (κ1) is 16.4. The Bertz CT molecular complexity index is 1040. The molecule has 4 heterocycles. The second-order valence-corrected chi connectivity index (χ2v) is 8.79. The zero-order valence-corrected chi connectivity index (χ0v) is 15.1. The van der Waals surface area contributed by atoms with Gasteiger partial charge in [0.1, 0.15) is 16.8 Å². The van der Waals surface area contributed by atoms with Crippen molar-refractivity contribution < 1.29 is 8.42 Å². The first-order valence-corrected chi connectivity index (χ1v) is 10.3. The van der Waals surface area contributed by atoms with Crippen LogP contribution in [-0.4, -0.2) is 46.0 Å². The summed E-state index contributed by atoms with van der Waals surface area (Å²) in [6.45, 7) is 4.40. The molecule has 8 heteroatoms. The first-order chi connectivity index (χ1) is 12.0. The predicted molar refractivity (Wildman–Crippen MR) is 97.2 cm³/mol. The molecule has 1 fully saturated rings. The third-order valence-corrected chi connectivity index (χ3v) is 7.03. The van der Waals surface area contributed by atoms with Gasteiger partial charge in [-0.25, -0.2) is 23.4 Å². The Morgan fingerprint density at radius 3 is 2.96 bits per heavy atom. The van der Waals surface area contributed by atoms with Crippen LogP contribution in [0.4, 0.5) is 0 Å². The van der Waals surface area contributed by atoms with Gasteiger partial charge in [0.05, 0.1) is 23.2 Å². The Morgan fingerprint density at radius 1 is 1.32 bits per heavy atom. The van der Waals surface area contributed by atoms with Crippen LogP contribution >= 0.6 is 0 Å². The lowest BCUT2D eigenvalue weighted by atomic mass is 9.99. The molecule has 1 saturated heterocycles. The van der Waals surface area contributed by atoms with Gasteiger partial charge in [-0.05, 0) is 32.4 Å². The number of sulfone groups is 1. The molecule has 2 atom stereocenters. The molecule has 0 aliphatic carbocycles. The van der Waals surface area contributed by atoms with Crippen molar-refractivity contribution >= 4 is 31.8 Å². The normalized spacial score (nSPS) is 21.4. The number of H-pyrrole nitrogens is 1. The number of fused-ring (bicyclic) bond motifs is 3. The van der Waals surface area contributed by atoms with Crippen LogP contribution in [-0.2, 0) is 9.84 Å². The molecule has 2 N–H and O–H groups in total. The van der Waals surface area contributed by atoms with Crippen molar-refractivity contribution in [2.75, 3.05) is 12.3 Å². The molecule has 3 aromatic rings. The van der Waals surface area contributed by atoms with E-state index in [0.717, 1.165) is 34.1 Å². The summed E-state index contributed by atoms with van der Waals surface area (Å²) in [6, 6.07) is 1.95. The number of hydrogen-bond donors (Lipinski definition) is 2. The zero-order valence-electron chi connectivity index (χ0n) is 14.3. The Hall–Kier alpha value is -2.06. The van der Waals surface area contributed by atoms with E-state index in [0.29, 0.717) is 18.8 Å². The average molecular weight is 359 g/mol. The summed E-state index contributed by atoms with van der Waals surface area (Å²) in [6.07, 6.45) is 4.92. The topological polar surface area (TPSA) is 101 Å². The van der Waals surface area contributed by atoms with Crippen LogP contribution in [0.5, 0.6) is 0 Å². The number of aromatic nitrogens is 4. The van der Waals surface area contributed by atoms with Gasteiger partial charge < -0.3 is 10.3 Å². The molecule has 0 amide bonds. The van der Waals surface area contributed by atoms with Crippen molar-refractivity contribution in [1.29, 1.82) is 0 Å². The van der Waals surface area contributed by atoms with Crippen molar-refractivity contribution in [2.24, 2.45) is 0 Å². The van der Waals surface area contributed by atoms with Gasteiger partial charge in [0.2, 0.25) is 0 Å². The van der Waals surface area contributed by atoms with E-state index in [-0.39, 0.29) is 11.7 Å². The molecule has 2 unspecified atom stereocenters. The summed E-state index contributed by atoms with van der Waals surface area (Å²) in [5, 5.41) is 4.43. The van der Waals surface area contributed by atoms with Crippen LogP contribution in [0.1, 0.15) is 37.2 Å². The minimum Gasteiger partial charge on any atom is -0.346 e. The maximum absolute atomic E-state index is 12.7. The van der Waals surface area contributed by atoms with E-state index in [4.69, 9.17) is 0 Å². The second kappa shape index (κ2) is 6.03. The van der Waals surface area contributed by atoms with Crippen LogP contribution < -0.4 is 5.32 Å². The van der Waals surface area contributed by atoms with Crippen LogP contribution in [0.25, 0.3) is 21.9 Å². The quantitative estimate of drug-likeness (QED) is 0.739. The molecule has 1 aliphatic heterocycles. The minimum absolute atomic E-state index is 0.179. The Kier molecular flexibility index (Phi) is 3.96. The van der Waals surface area contributed by atoms with Crippen molar-refractivity contribution in [3.05, 3.63) is 30.0 Å². The van der Waals surface area contributed by atoms with Crippen molar-refractivity contribution in [2.45, 2.75) is 38.0 Å². The van der Waals surface area contributed by atoms with Gasteiger partial charge in [-0.3, -0.25) is 0 Å². The average Bonchev–Trinajstić information content (AvgIpc) is 3.23. The molecule has 0 bridgehead atoms. The highest BCUT2D eigenvalue weighted by Gasteiger charge is 2.39. The number of aromatic amines is 1. The molecular formula is C17H21N5O2S. The minimum atomic E-state index is -3.22. The molecule has 0 saturated carbocycles. The molecule has 25 heavy (non-hydrogen) atoms. The summed E-state index contributed by atoms with van der Waals surface area (Å²) in [5.74, 6) is 0.642. The molecular weight excluding hydrogens is 338 g/mol. The third-order valence-electron chi connectivity index (χ3n) is 4.78. The van der Waals surface area contributed by atoms with E-state index in [2.05, 4.69) is 25.3 Å². The maximum Gasteiger partial charge on any atom is 0.166 e. The number of hydrogen-bond acceptors (Lipinski definition) is 6. The monoisotopic (exact) mass is 359 g/mol. The summed E-state index contributed by atoms with van der Waals surface area (Å²) in [4.78, 5) is 16.7. The van der Waals surface area contributed by atoms with Gasteiger partial charge in [0, 0.05) is 22.9 Å². The molecule has 7 nitrogen and oxygen atoms in total. The third kappa shape index (κ3) is 2.69. The van der Waals surface area contributed by atoms with E-state index in [1.54, 1.807) is 6.20 Å². The van der Waals surface area contributed by atoms with E-state index in [1.165, 1.54) is 0 Å². The summed E-state index contributed by atoms with van der Waals surface area (Å²) in [5.41, 5.74) is 2.33. The van der Waals surface area contributed by atoms with Gasteiger partial charge in [-0.15, -0.1) is 0 Å². The number of rotatable bonds is 4. The number of pyridine rings is 1. The molecule has 1 aliphatic rings. The molecule has 4 rings (SSSR count). The molecule has 3 aromatic heterocycles. The van der Waals surface area contributed by atoms with Gasteiger partial charge in [-0.2, -0.15) is 0 Å². The van der Waals surface area contributed by atoms with Crippen molar-refractivity contribution in [3.8, 4) is 0 Å². The van der Waals surface area contributed by atoms with Crippen molar-refractivity contribution in [3.63, 3.8) is 0 Å². The first-order valence-electron chi connectivity index (χ1n) is 8.56. The van der Waals surface area contributed by atoms with Crippen LogP contribution in [0.3, 0.4) is 0 Å². The summed E-state index contributed by atoms with van der Waals surface area (Å²) < 4.78 is 25.5. The fourth-order valence-electron chi connectivity index (χ4n) is 3.79. The molecule has 0 radical (unpaired) electrons. The highest BCUT2D eigenvalue weighted by molar-refractivity contribution is 7.92. The standard InChI is InChI=1S/C17H21N5O2S/c1-3-8-25(23,24)17-12(5-7-19-17)15-14-11-4-6-18-16(11)20-9-13(14)21-10(2)22-15/h4,6,9,12,17,19H,3,5,7-8H2,1-2H3,(H,18,20). The fraction of sp³-hybridized carbons (Fsp3) is 0.471. The number of nitrogens with one attached hydrogen (secondary N) is 2. The highest BCUT2D eigenvalue weighted by atomic mass is 32.2. The lowest BCUT2D eigenvalue weighted by Crippen LogP contribution is -2.36. The Balaban J connectivity index is 1.95. The van der Waals surface area contributed by atoms with Gasteiger partial charge in [0.15, 0.2) is 9.84 Å². The summed E-state index contributed by atoms with van der Waals surface area (Å²) in [7, 11) is -3.22. The lowest BCUT2D eigenvalue weighted by Gasteiger charge is -2.21. The molecule has 0 aromatic carbocycles. The second-order valence-electron chi connectivity index (χ2n) is 6.55. The number of nitrogens with zero attached hydrogens (tertiary/aromatic N) is 3. The SMILES string of the molecule is CCCS(=O)(=O)C1NCCC1c1nc(C)nc2cnc3[nH]ccc3c12. The van der Waals surface area contributed by atoms with Gasteiger partial charge in [0.25, 0.3) is 0 Å². The Labute approximate surface area is 146 Å². The Morgan fingerprint density at radius 2 is 2.16 bits per heavy atom. The molecule has 132 valence electrons. The van der Waals surface area contributed by atoms with Gasteiger partial charge in [-0.1, -0.05) is 6.92 Å². The maximum atomic E-state index is 12.7. The zero-order chi connectivity index (χ0) is 17.6. The van der Waals surface area contributed by atoms with Crippen molar-refractivity contribution in [1.82, 2.24) is 25.3 Å².